The van der Waals surface area contributed by atoms with E-state index >= 15 is 0 Å². The van der Waals surface area contributed by atoms with E-state index in [2.05, 4.69) is 20.5 Å². The molecule has 1 saturated carbocycles. The molecule has 7 nitrogen and oxygen atoms in total. The highest BCUT2D eigenvalue weighted by molar-refractivity contribution is 5.67. The number of aliphatic carboxylic acids is 1. The lowest BCUT2D eigenvalue weighted by atomic mass is 10.1. The van der Waals surface area contributed by atoms with Crippen LogP contribution >= 0.6 is 0 Å². The van der Waals surface area contributed by atoms with Crippen LogP contribution in [-0.2, 0) is 4.79 Å². The van der Waals surface area contributed by atoms with Crippen LogP contribution in [0.5, 0.6) is 0 Å². The summed E-state index contributed by atoms with van der Waals surface area (Å²) in [6, 6.07) is 2.46. The molecule has 0 saturated heterocycles. The fraction of sp³-hybridized carbons (Fsp3) is 0.417. The highest BCUT2D eigenvalue weighted by Crippen LogP contribution is 2.42. The van der Waals surface area contributed by atoms with Crippen molar-refractivity contribution in [2.75, 3.05) is 0 Å². The molecule has 0 aliphatic heterocycles. The van der Waals surface area contributed by atoms with Crippen molar-refractivity contribution in [3.63, 3.8) is 0 Å². The van der Waals surface area contributed by atoms with Crippen molar-refractivity contribution < 1.29 is 14.3 Å². The topological polar surface area (TPSA) is 93.8 Å². The van der Waals surface area contributed by atoms with E-state index in [9.17, 15) is 9.18 Å². The fourth-order valence-corrected chi connectivity index (χ4v) is 2.21. The Balaban J connectivity index is 1.95. The van der Waals surface area contributed by atoms with Gasteiger partial charge in [0.1, 0.15) is 11.5 Å². The molecule has 0 amide bonds. The second-order valence-electron chi connectivity index (χ2n) is 4.81. The number of hydrogen-bond acceptors (Lipinski definition) is 5. The third kappa shape index (κ3) is 2.49. The van der Waals surface area contributed by atoms with Crippen molar-refractivity contribution in [2.45, 2.75) is 25.3 Å². The van der Waals surface area contributed by atoms with Gasteiger partial charge in [0.2, 0.25) is 5.82 Å². The monoisotopic (exact) mass is 277 g/mol. The lowest BCUT2D eigenvalue weighted by Crippen LogP contribution is -2.18. The van der Waals surface area contributed by atoms with Gasteiger partial charge in [-0.2, -0.15) is 0 Å². The molecule has 0 radical (unpaired) electrons. The van der Waals surface area contributed by atoms with Crippen LogP contribution in [0.3, 0.4) is 0 Å². The minimum atomic E-state index is -0.893. The van der Waals surface area contributed by atoms with E-state index in [0.29, 0.717) is 11.5 Å². The number of nitrogens with zero attached hydrogens (tertiary/aromatic N) is 5. The summed E-state index contributed by atoms with van der Waals surface area (Å²) in [5.41, 5.74) is 0.424. The summed E-state index contributed by atoms with van der Waals surface area (Å²) < 4.78 is 14.4. The molecule has 0 aromatic carbocycles. The first kappa shape index (κ1) is 12.6. The predicted molar refractivity (Wildman–Crippen MR) is 65.0 cm³/mol. The maximum Gasteiger partial charge on any atom is 0.305 e. The van der Waals surface area contributed by atoms with Gasteiger partial charge in [-0.05, 0) is 41.3 Å². The zero-order valence-corrected chi connectivity index (χ0v) is 10.5. The fourth-order valence-electron chi connectivity index (χ4n) is 2.21. The van der Waals surface area contributed by atoms with Crippen LogP contribution in [0, 0.1) is 11.7 Å². The van der Waals surface area contributed by atoms with E-state index in [0.717, 1.165) is 19.0 Å². The van der Waals surface area contributed by atoms with E-state index in [1.54, 1.807) is 0 Å². The molecule has 1 fully saturated rings. The zero-order valence-electron chi connectivity index (χ0n) is 10.5. The minimum Gasteiger partial charge on any atom is -0.481 e. The SMILES string of the molecule is O=C(O)CC(C1CC1)n1nnnc1-c1ccc(F)cn1. The Morgan fingerprint density at radius 1 is 1.50 bits per heavy atom. The van der Waals surface area contributed by atoms with Gasteiger partial charge < -0.3 is 5.11 Å². The van der Waals surface area contributed by atoms with Gasteiger partial charge in [0.25, 0.3) is 0 Å². The van der Waals surface area contributed by atoms with Gasteiger partial charge in [0, 0.05) is 0 Å². The number of aromatic nitrogens is 5. The van der Waals surface area contributed by atoms with Crippen LogP contribution in [0.1, 0.15) is 25.3 Å². The van der Waals surface area contributed by atoms with Crippen molar-refractivity contribution in [3.8, 4) is 11.5 Å². The van der Waals surface area contributed by atoms with Crippen LogP contribution in [0.2, 0.25) is 0 Å². The summed E-state index contributed by atoms with van der Waals surface area (Å²) in [6.07, 6.45) is 2.98. The quantitative estimate of drug-likeness (QED) is 0.885. The summed E-state index contributed by atoms with van der Waals surface area (Å²) in [6.45, 7) is 0. The van der Waals surface area contributed by atoms with Gasteiger partial charge in [-0.3, -0.25) is 4.79 Å². The van der Waals surface area contributed by atoms with Crippen molar-refractivity contribution in [1.29, 1.82) is 0 Å². The van der Waals surface area contributed by atoms with Crippen molar-refractivity contribution >= 4 is 5.97 Å². The molecule has 2 aromatic rings. The smallest absolute Gasteiger partial charge is 0.305 e. The summed E-state index contributed by atoms with van der Waals surface area (Å²) in [4.78, 5) is 14.9. The Kier molecular flexibility index (Phi) is 3.13. The second kappa shape index (κ2) is 4.95. The number of carboxylic acid groups (broad SMARTS) is 1. The summed E-state index contributed by atoms with van der Waals surface area (Å²) in [5.74, 6) is -0.704. The van der Waals surface area contributed by atoms with Gasteiger partial charge in [-0.15, -0.1) is 5.10 Å². The number of tetrazole rings is 1. The van der Waals surface area contributed by atoms with Crippen LogP contribution in [0.15, 0.2) is 18.3 Å². The van der Waals surface area contributed by atoms with Crippen molar-refractivity contribution in [2.24, 2.45) is 5.92 Å². The third-order valence-electron chi connectivity index (χ3n) is 3.31. The molecule has 1 atom stereocenters. The molecular formula is C12H12FN5O2. The van der Waals surface area contributed by atoms with Crippen LogP contribution in [-0.4, -0.2) is 36.3 Å². The maximum absolute atomic E-state index is 12.9. The van der Waals surface area contributed by atoms with Gasteiger partial charge in [0.15, 0.2) is 0 Å². The highest BCUT2D eigenvalue weighted by atomic mass is 19.1. The molecule has 1 aliphatic rings. The van der Waals surface area contributed by atoms with E-state index in [-0.39, 0.29) is 18.4 Å². The van der Waals surface area contributed by atoms with Crippen LogP contribution < -0.4 is 0 Å². The highest BCUT2D eigenvalue weighted by Gasteiger charge is 2.36. The first-order chi connectivity index (χ1) is 9.65. The van der Waals surface area contributed by atoms with Gasteiger partial charge in [0.05, 0.1) is 18.7 Å². The Hall–Kier alpha value is -2.38. The van der Waals surface area contributed by atoms with E-state index in [4.69, 9.17) is 5.11 Å². The van der Waals surface area contributed by atoms with E-state index in [1.165, 1.54) is 16.8 Å². The average Bonchev–Trinajstić information content (AvgIpc) is 3.14. The summed E-state index contributed by atoms with van der Waals surface area (Å²) in [7, 11) is 0. The Bertz CT molecular complexity index is 623. The lowest BCUT2D eigenvalue weighted by molar-refractivity contribution is -0.138. The molecule has 0 bridgehead atoms. The van der Waals surface area contributed by atoms with Crippen molar-refractivity contribution in [1.82, 2.24) is 25.2 Å². The van der Waals surface area contributed by atoms with Crippen LogP contribution in [0.4, 0.5) is 4.39 Å². The Labute approximate surface area is 113 Å². The molecule has 1 aliphatic carbocycles. The van der Waals surface area contributed by atoms with E-state index in [1.807, 2.05) is 0 Å². The summed E-state index contributed by atoms with van der Waals surface area (Å²) in [5, 5.41) is 20.4. The second-order valence-corrected chi connectivity index (χ2v) is 4.81. The average molecular weight is 277 g/mol. The number of rotatable bonds is 5. The molecular weight excluding hydrogens is 265 g/mol. The van der Waals surface area contributed by atoms with Crippen LogP contribution in [0.25, 0.3) is 11.5 Å². The summed E-state index contributed by atoms with van der Waals surface area (Å²) >= 11 is 0. The molecule has 1 unspecified atom stereocenters. The normalized spacial score (nSPS) is 16.1. The first-order valence-corrected chi connectivity index (χ1v) is 6.26. The molecule has 2 heterocycles. The Morgan fingerprint density at radius 3 is 2.90 bits per heavy atom. The molecule has 2 aromatic heterocycles. The molecule has 104 valence electrons. The number of hydrogen-bond donors (Lipinski definition) is 1. The lowest BCUT2D eigenvalue weighted by Gasteiger charge is -2.15. The molecule has 3 rings (SSSR count). The largest absolute Gasteiger partial charge is 0.481 e. The van der Waals surface area contributed by atoms with Gasteiger partial charge in [-0.25, -0.2) is 14.1 Å². The third-order valence-corrected chi connectivity index (χ3v) is 3.31. The first-order valence-electron chi connectivity index (χ1n) is 6.26. The number of pyridine rings is 1. The van der Waals surface area contributed by atoms with Crippen molar-refractivity contribution in [3.05, 3.63) is 24.1 Å². The molecule has 1 N–H and O–H groups in total. The molecule has 8 heteroatoms. The number of carboxylic acids is 1. The van der Waals surface area contributed by atoms with E-state index < -0.39 is 11.8 Å². The Morgan fingerprint density at radius 2 is 2.30 bits per heavy atom. The minimum absolute atomic E-state index is 0.0378. The molecule has 0 spiro atoms. The van der Waals surface area contributed by atoms with Gasteiger partial charge >= 0.3 is 5.97 Å². The number of carbonyl (C=O) groups is 1. The predicted octanol–water partition coefficient (Wildman–Crippen LogP) is 1.30. The maximum atomic E-state index is 12.9. The molecule has 20 heavy (non-hydrogen) atoms. The standard InChI is InChI=1S/C12H12FN5O2/c13-8-3-4-9(14-6-8)12-15-16-17-18(12)10(5-11(19)20)7-1-2-7/h3-4,6-7,10H,1-2,5H2,(H,19,20). The van der Waals surface area contributed by atoms with Gasteiger partial charge in [-0.1, -0.05) is 0 Å². The number of halogens is 1. The zero-order chi connectivity index (χ0) is 14.1.